The Morgan fingerprint density at radius 1 is 1.03 bits per heavy atom. The van der Waals surface area contributed by atoms with Gasteiger partial charge in [0.25, 0.3) is 0 Å². The van der Waals surface area contributed by atoms with Crippen LogP contribution in [0, 0.1) is 0 Å². The van der Waals surface area contributed by atoms with E-state index in [1.165, 1.54) is 12.7 Å². The number of carbonyl (C=O) groups excluding carboxylic acids is 1. The Morgan fingerprint density at radius 2 is 1.72 bits per heavy atom. The van der Waals surface area contributed by atoms with Crippen LogP contribution in [0.4, 0.5) is 0 Å². The molecule has 1 aliphatic heterocycles. The highest BCUT2D eigenvalue weighted by Crippen LogP contribution is 2.17. The Balaban J connectivity index is 1.84. The molecule has 0 N–H and O–H groups in total. The van der Waals surface area contributed by atoms with Gasteiger partial charge in [-0.25, -0.2) is 8.42 Å². The van der Waals surface area contributed by atoms with Crippen LogP contribution in [0.15, 0.2) is 29.2 Å². The van der Waals surface area contributed by atoms with Crippen LogP contribution in [0.2, 0.25) is 0 Å². The van der Waals surface area contributed by atoms with E-state index in [0.717, 1.165) is 57.3 Å². The van der Waals surface area contributed by atoms with E-state index in [0.29, 0.717) is 29.3 Å². The zero-order valence-electron chi connectivity index (χ0n) is 18.6. The van der Waals surface area contributed by atoms with E-state index in [9.17, 15) is 13.2 Å². The van der Waals surface area contributed by atoms with Crippen molar-refractivity contribution in [3.63, 3.8) is 0 Å². The first-order valence-electron chi connectivity index (χ1n) is 11.0. The van der Waals surface area contributed by atoms with Crippen molar-refractivity contribution in [1.29, 1.82) is 0 Å². The molecule has 1 fully saturated rings. The Morgan fingerprint density at radius 3 is 2.34 bits per heavy atom. The second-order valence-electron chi connectivity index (χ2n) is 8.70. The van der Waals surface area contributed by atoms with Gasteiger partial charge in [0.05, 0.1) is 4.90 Å². The van der Waals surface area contributed by atoms with Crippen LogP contribution in [0.3, 0.4) is 0 Å². The maximum atomic E-state index is 12.1. The van der Waals surface area contributed by atoms with E-state index >= 15 is 0 Å². The first-order valence-corrected chi connectivity index (χ1v) is 12.9. The van der Waals surface area contributed by atoms with Gasteiger partial charge < -0.3 is 4.90 Å². The Hall–Kier alpha value is -1.40. The predicted octanol–water partition coefficient (Wildman–Crippen LogP) is 3.91. The van der Waals surface area contributed by atoms with E-state index in [1.807, 2.05) is 12.1 Å². The molecule has 164 valence electrons. The number of hydrogen-bond acceptors (Lipinski definition) is 4. The van der Waals surface area contributed by atoms with E-state index in [2.05, 4.69) is 30.6 Å². The molecule has 6 heteroatoms. The van der Waals surface area contributed by atoms with Gasteiger partial charge in [0, 0.05) is 37.8 Å². The highest BCUT2D eigenvalue weighted by Gasteiger charge is 2.19. The summed E-state index contributed by atoms with van der Waals surface area (Å²) in [6.07, 6.45) is 8.33. The van der Waals surface area contributed by atoms with Gasteiger partial charge in [-0.15, -0.1) is 0 Å². The van der Waals surface area contributed by atoms with Crippen LogP contribution >= 0.6 is 0 Å². The molecule has 1 aliphatic rings. The van der Waals surface area contributed by atoms with Gasteiger partial charge >= 0.3 is 0 Å². The summed E-state index contributed by atoms with van der Waals surface area (Å²) in [7, 11) is -3.15. The molecular formula is C23H38N2O3S. The molecule has 5 nitrogen and oxygen atoms in total. The molecule has 2 rings (SSSR count). The van der Waals surface area contributed by atoms with Crippen LogP contribution in [-0.4, -0.2) is 62.1 Å². The second kappa shape index (κ2) is 11.1. The molecule has 1 aromatic rings. The molecule has 1 heterocycles. The van der Waals surface area contributed by atoms with Crippen molar-refractivity contribution in [3.05, 3.63) is 29.8 Å². The van der Waals surface area contributed by atoms with E-state index in [1.54, 1.807) is 12.1 Å². The maximum absolute atomic E-state index is 12.1. The summed E-state index contributed by atoms with van der Waals surface area (Å²) in [6.45, 7) is 9.51. The fourth-order valence-corrected chi connectivity index (χ4v) is 4.82. The number of likely N-dealkylation sites (tertiary alicyclic amines) is 1. The third-order valence-electron chi connectivity index (χ3n) is 5.88. The number of unbranched alkanes of at least 4 members (excludes halogenated alkanes) is 1. The van der Waals surface area contributed by atoms with Gasteiger partial charge in [-0.05, 0) is 77.1 Å². The standard InChI is InChI=1S/C23H38N2O3S/c1-19(2)25(17-9-8-16-24-15-7-5-6-10-23(24)26)20(3)18-21-11-13-22(14-12-21)29(4,27)28/h11-14,19-20H,5-10,15-18H2,1-4H3. The fraction of sp³-hybridized carbons (Fsp3) is 0.696. The highest BCUT2D eigenvalue weighted by molar-refractivity contribution is 7.90. The van der Waals surface area contributed by atoms with Crippen LogP contribution in [0.25, 0.3) is 0 Å². The number of sulfone groups is 1. The Bertz CT molecular complexity index is 744. The molecular weight excluding hydrogens is 384 g/mol. The first-order chi connectivity index (χ1) is 13.7. The van der Waals surface area contributed by atoms with Crippen LogP contribution < -0.4 is 0 Å². The van der Waals surface area contributed by atoms with Crippen LogP contribution in [-0.2, 0) is 21.1 Å². The molecule has 0 radical (unpaired) electrons. The van der Waals surface area contributed by atoms with Gasteiger partial charge in [0.2, 0.25) is 5.91 Å². The van der Waals surface area contributed by atoms with E-state index in [4.69, 9.17) is 0 Å². The van der Waals surface area contributed by atoms with Crippen molar-refractivity contribution in [2.45, 2.75) is 82.7 Å². The molecule has 0 bridgehead atoms. The average molecular weight is 423 g/mol. The van der Waals surface area contributed by atoms with Crippen LogP contribution in [0.1, 0.15) is 64.9 Å². The summed E-state index contributed by atoms with van der Waals surface area (Å²) in [6, 6.07) is 8.08. The molecule has 1 saturated heterocycles. The maximum Gasteiger partial charge on any atom is 0.222 e. The summed E-state index contributed by atoms with van der Waals surface area (Å²) in [4.78, 5) is 17.1. The summed E-state index contributed by atoms with van der Waals surface area (Å²) >= 11 is 0. The van der Waals surface area contributed by atoms with Crippen molar-refractivity contribution < 1.29 is 13.2 Å². The van der Waals surface area contributed by atoms with Crippen LogP contribution in [0.5, 0.6) is 0 Å². The lowest BCUT2D eigenvalue weighted by atomic mass is 10.0. The largest absolute Gasteiger partial charge is 0.343 e. The van der Waals surface area contributed by atoms with Gasteiger partial charge in [-0.2, -0.15) is 0 Å². The van der Waals surface area contributed by atoms with Gasteiger partial charge in [-0.1, -0.05) is 18.6 Å². The third-order valence-corrected chi connectivity index (χ3v) is 7.01. The minimum absolute atomic E-state index is 0.328. The molecule has 1 unspecified atom stereocenters. The summed E-state index contributed by atoms with van der Waals surface area (Å²) in [5.74, 6) is 0.328. The minimum atomic E-state index is -3.15. The third kappa shape index (κ3) is 7.74. The summed E-state index contributed by atoms with van der Waals surface area (Å²) in [5.41, 5.74) is 1.16. The average Bonchev–Trinajstić information content (AvgIpc) is 2.85. The number of benzene rings is 1. The molecule has 1 amide bonds. The second-order valence-corrected chi connectivity index (χ2v) is 10.7. The van der Waals surface area contributed by atoms with Crippen molar-refractivity contribution in [1.82, 2.24) is 9.80 Å². The highest BCUT2D eigenvalue weighted by atomic mass is 32.2. The van der Waals surface area contributed by atoms with Crippen molar-refractivity contribution >= 4 is 15.7 Å². The number of hydrogen-bond donors (Lipinski definition) is 0. The van der Waals surface area contributed by atoms with Crippen molar-refractivity contribution in [2.75, 3.05) is 25.9 Å². The predicted molar refractivity (Wildman–Crippen MR) is 119 cm³/mol. The Labute approximate surface area is 177 Å². The molecule has 0 aromatic heterocycles. The number of nitrogens with zero attached hydrogens (tertiary/aromatic N) is 2. The molecule has 0 spiro atoms. The monoisotopic (exact) mass is 422 g/mol. The SMILES string of the molecule is CC(C)N(CCCCN1CCCCCC1=O)C(C)Cc1ccc(S(C)(=O)=O)cc1. The van der Waals surface area contributed by atoms with Gasteiger partial charge in [-0.3, -0.25) is 9.69 Å². The van der Waals surface area contributed by atoms with Crippen molar-refractivity contribution in [3.8, 4) is 0 Å². The lowest BCUT2D eigenvalue weighted by molar-refractivity contribution is -0.130. The number of carbonyl (C=O) groups is 1. The lowest BCUT2D eigenvalue weighted by Crippen LogP contribution is -2.41. The van der Waals surface area contributed by atoms with Gasteiger partial charge in [0.1, 0.15) is 0 Å². The Kier molecular flexibility index (Phi) is 9.15. The minimum Gasteiger partial charge on any atom is -0.343 e. The van der Waals surface area contributed by atoms with Gasteiger partial charge in [0.15, 0.2) is 9.84 Å². The summed E-state index contributed by atoms with van der Waals surface area (Å²) in [5, 5.41) is 0. The molecule has 29 heavy (non-hydrogen) atoms. The fourth-order valence-electron chi connectivity index (χ4n) is 4.19. The smallest absolute Gasteiger partial charge is 0.222 e. The zero-order valence-corrected chi connectivity index (χ0v) is 19.4. The lowest BCUT2D eigenvalue weighted by Gasteiger charge is -2.33. The zero-order chi connectivity index (χ0) is 21.4. The number of amides is 1. The molecule has 0 aliphatic carbocycles. The molecule has 0 saturated carbocycles. The summed E-state index contributed by atoms with van der Waals surface area (Å²) < 4.78 is 23.3. The van der Waals surface area contributed by atoms with E-state index < -0.39 is 9.84 Å². The normalized spacial score (nSPS) is 17.0. The van der Waals surface area contributed by atoms with E-state index in [-0.39, 0.29) is 0 Å². The molecule has 1 atom stereocenters. The topological polar surface area (TPSA) is 57.7 Å². The number of rotatable bonds is 10. The quantitative estimate of drug-likeness (QED) is 0.536. The van der Waals surface area contributed by atoms with Crippen molar-refractivity contribution in [2.24, 2.45) is 0 Å². The first kappa shape index (κ1) is 23.9. The molecule has 1 aromatic carbocycles.